The summed E-state index contributed by atoms with van der Waals surface area (Å²) in [7, 11) is 0. The van der Waals surface area contributed by atoms with Crippen LogP contribution in [0.1, 0.15) is 37.5 Å². The van der Waals surface area contributed by atoms with Crippen molar-refractivity contribution < 1.29 is 14.3 Å². The van der Waals surface area contributed by atoms with Crippen molar-refractivity contribution >= 4 is 23.1 Å². The minimum absolute atomic E-state index is 0.0670. The van der Waals surface area contributed by atoms with Crippen LogP contribution in [0.2, 0.25) is 0 Å². The van der Waals surface area contributed by atoms with Gasteiger partial charge in [-0.2, -0.15) is 0 Å². The Balaban J connectivity index is 2.02. The zero-order valence-electron chi connectivity index (χ0n) is 17.0. The van der Waals surface area contributed by atoms with Crippen LogP contribution in [0.15, 0.2) is 48.2 Å². The molecule has 2 aromatic carbocycles. The van der Waals surface area contributed by atoms with Crippen molar-refractivity contribution in [3.8, 4) is 5.75 Å². The maximum absolute atomic E-state index is 12.9. The van der Waals surface area contributed by atoms with Gasteiger partial charge in [-0.1, -0.05) is 18.2 Å². The van der Waals surface area contributed by atoms with Crippen molar-refractivity contribution in [1.29, 1.82) is 0 Å². The molecule has 1 aliphatic rings. The third-order valence-corrected chi connectivity index (χ3v) is 4.78. The molecule has 0 aromatic heterocycles. The van der Waals surface area contributed by atoms with Gasteiger partial charge in [0.25, 0.3) is 11.8 Å². The lowest BCUT2D eigenvalue weighted by atomic mass is 10.0. The lowest BCUT2D eigenvalue weighted by molar-refractivity contribution is -0.136. The monoisotopic (exact) mass is 378 g/mol. The number of hydrogen-bond donors (Lipinski definition) is 1. The number of carbonyl (C=O) groups is 2. The summed E-state index contributed by atoms with van der Waals surface area (Å²) in [6.07, 6.45) is 0.0670. The Morgan fingerprint density at radius 2 is 1.64 bits per heavy atom. The minimum Gasteiger partial charge on any atom is -0.491 e. The highest BCUT2D eigenvalue weighted by molar-refractivity contribution is 6.36. The van der Waals surface area contributed by atoms with Gasteiger partial charge in [0.05, 0.1) is 11.7 Å². The van der Waals surface area contributed by atoms with Gasteiger partial charge in [0, 0.05) is 12.2 Å². The van der Waals surface area contributed by atoms with E-state index in [1.54, 1.807) is 6.92 Å². The molecular weight excluding hydrogens is 352 g/mol. The van der Waals surface area contributed by atoms with E-state index in [9.17, 15) is 9.59 Å². The molecule has 2 aromatic rings. The first-order valence-corrected chi connectivity index (χ1v) is 9.53. The van der Waals surface area contributed by atoms with Gasteiger partial charge < -0.3 is 10.1 Å². The molecule has 0 fully saturated rings. The van der Waals surface area contributed by atoms with E-state index in [1.165, 1.54) is 10.5 Å². The number of imide groups is 1. The zero-order valence-corrected chi connectivity index (χ0v) is 17.0. The van der Waals surface area contributed by atoms with E-state index in [0.29, 0.717) is 23.4 Å². The van der Waals surface area contributed by atoms with Gasteiger partial charge in [0.15, 0.2) is 0 Å². The molecule has 0 spiro atoms. The zero-order chi connectivity index (χ0) is 20.4. The summed E-state index contributed by atoms with van der Waals surface area (Å²) in [6.45, 7) is 10.1. The topological polar surface area (TPSA) is 58.6 Å². The lowest BCUT2D eigenvalue weighted by Crippen LogP contribution is -2.32. The molecule has 5 heteroatoms. The van der Waals surface area contributed by atoms with Crippen LogP contribution in [0.3, 0.4) is 0 Å². The highest BCUT2D eigenvalue weighted by Crippen LogP contribution is 2.31. The maximum atomic E-state index is 12.9. The molecule has 0 aliphatic carbocycles. The third kappa shape index (κ3) is 3.79. The fourth-order valence-electron chi connectivity index (χ4n) is 3.18. The van der Waals surface area contributed by atoms with Gasteiger partial charge in [-0.25, -0.2) is 0 Å². The van der Waals surface area contributed by atoms with Crippen LogP contribution in [0.5, 0.6) is 5.75 Å². The number of ether oxygens (including phenoxy) is 1. The van der Waals surface area contributed by atoms with Gasteiger partial charge in [0.2, 0.25) is 0 Å². The van der Waals surface area contributed by atoms with Crippen molar-refractivity contribution in [3.05, 3.63) is 64.9 Å². The number of nitrogens with zero attached hydrogens (tertiary/aromatic N) is 1. The van der Waals surface area contributed by atoms with E-state index in [2.05, 4.69) is 5.32 Å². The third-order valence-electron chi connectivity index (χ3n) is 4.78. The number of nitrogens with one attached hydrogen (secondary N) is 1. The van der Waals surface area contributed by atoms with E-state index in [4.69, 9.17) is 4.74 Å². The molecule has 146 valence electrons. The second-order valence-corrected chi connectivity index (χ2v) is 7.22. The molecule has 0 radical (unpaired) electrons. The Morgan fingerprint density at radius 3 is 2.21 bits per heavy atom. The number of aryl methyl sites for hydroxylation is 2. The second-order valence-electron chi connectivity index (χ2n) is 7.22. The van der Waals surface area contributed by atoms with Crippen molar-refractivity contribution in [2.45, 2.75) is 40.7 Å². The first-order valence-electron chi connectivity index (χ1n) is 9.53. The molecule has 3 rings (SSSR count). The van der Waals surface area contributed by atoms with Gasteiger partial charge >= 0.3 is 0 Å². The Morgan fingerprint density at radius 1 is 0.964 bits per heavy atom. The summed E-state index contributed by atoms with van der Waals surface area (Å²) in [6, 6.07) is 13.2. The fraction of sp³-hybridized carbons (Fsp3) is 0.304. The van der Waals surface area contributed by atoms with Crippen LogP contribution in [0.25, 0.3) is 5.57 Å². The van der Waals surface area contributed by atoms with Crippen LogP contribution in [0.4, 0.5) is 5.69 Å². The van der Waals surface area contributed by atoms with E-state index < -0.39 is 0 Å². The Kier molecular flexibility index (Phi) is 5.54. The van der Waals surface area contributed by atoms with E-state index in [0.717, 1.165) is 17.0 Å². The van der Waals surface area contributed by atoms with Crippen LogP contribution >= 0.6 is 0 Å². The fourth-order valence-corrected chi connectivity index (χ4v) is 3.18. The highest BCUT2D eigenvalue weighted by atomic mass is 16.5. The van der Waals surface area contributed by atoms with Crippen LogP contribution in [-0.2, 0) is 9.59 Å². The van der Waals surface area contributed by atoms with Crippen molar-refractivity contribution in [1.82, 2.24) is 4.90 Å². The van der Waals surface area contributed by atoms with Gasteiger partial charge in [0.1, 0.15) is 11.4 Å². The van der Waals surface area contributed by atoms with E-state index >= 15 is 0 Å². The molecule has 5 nitrogen and oxygen atoms in total. The average molecular weight is 378 g/mol. The number of hydrogen-bond acceptors (Lipinski definition) is 4. The summed E-state index contributed by atoms with van der Waals surface area (Å²) in [5, 5.41) is 3.19. The molecule has 0 bridgehead atoms. The molecule has 1 N–H and O–H groups in total. The number of anilines is 1. The van der Waals surface area contributed by atoms with Crippen LogP contribution < -0.4 is 10.1 Å². The van der Waals surface area contributed by atoms with Gasteiger partial charge in [-0.15, -0.1) is 0 Å². The summed E-state index contributed by atoms with van der Waals surface area (Å²) in [4.78, 5) is 27.0. The molecule has 0 unspecified atom stereocenters. The molecule has 1 aliphatic heterocycles. The molecule has 0 saturated heterocycles. The van der Waals surface area contributed by atoms with Crippen molar-refractivity contribution in [3.63, 3.8) is 0 Å². The predicted octanol–water partition coefficient (Wildman–Crippen LogP) is 4.30. The lowest BCUT2D eigenvalue weighted by Gasteiger charge is -2.12. The van der Waals surface area contributed by atoms with Gasteiger partial charge in [-0.05, 0) is 75.6 Å². The quantitative estimate of drug-likeness (QED) is 0.762. The summed E-state index contributed by atoms with van der Waals surface area (Å²) >= 11 is 0. The Bertz CT molecular complexity index is 943. The highest BCUT2D eigenvalue weighted by Gasteiger charge is 2.38. The summed E-state index contributed by atoms with van der Waals surface area (Å²) in [5.41, 5.74) is 4.47. The molecular formula is C23H26N2O3. The molecule has 1 heterocycles. The molecule has 28 heavy (non-hydrogen) atoms. The van der Waals surface area contributed by atoms with Crippen LogP contribution in [0, 0.1) is 13.8 Å². The predicted molar refractivity (Wildman–Crippen MR) is 111 cm³/mol. The molecule has 2 amide bonds. The largest absolute Gasteiger partial charge is 0.491 e. The normalized spacial score (nSPS) is 14.3. The maximum Gasteiger partial charge on any atom is 0.278 e. The summed E-state index contributed by atoms with van der Waals surface area (Å²) in [5.74, 6) is 0.145. The number of benzene rings is 2. The van der Waals surface area contributed by atoms with Gasteiger partial charge in [-0.3, -0.25) is 14.5 Å². The van der Waals surface area contributed by atoms with E-state index in [1.807, 2.05) is 70.2 Å². The SMILES string of the molecule is CCN1C(=O)C(Nc2ccc(C)c(C)c2)=C(c2ccc(OC(C)C)cc2)C1=O. The van der Waals surface area contributed by atoms with E-state index in [-0.39, 0.29) is 17.9 Å². The first-order chi connectivity index (χ1) is 13.3. The molecule has 0 atom stereocenters. The van der Waals surface area contributed by atoms with Crippen molar-refractivity contribution in [2.24, 2.45) is 0 Å². The number of carbonyl (C=O) groups excluding carboxylic acids is 2. The standard InChI is InChI=1S/C23H26N2O3/c1-6-25-22(26)20(17-8-11-19(12-9-17)28-14(2)3)21(23(25)27)24-18-10-7-15(4)16(5)13-18/h7-14,24H,6H2,1-5H3. The second kappa shape index (κ2) is 7.89. The Hall–Kier alpha value is -3.08. The first kappa shape index (κ1) is 19.7. The number of rotatable bonds is 6. The minimum atomic E-state index is -0.303. The van der Waals surface area contributed by atoms with Crippen LogP contribution in [-0.4, -0.2) is 29.4 Å². The van der Waals surface area contributed by atoms with Crippen molar-refractivity contribution in [2.75, 3.05) is 11.9 Å². The molecule has 0 saturated carbocycles. The number of amides is 2. The average Bonchev–Trinajstić information content (AvgIpc) is 2.88. The number of likely N-dealkylation sites (N-methyl/N-ethyl adjacent to an activating group) is 1. The smallest absolute Gasteiger partial charge is 0.278 e. The summed E-state index contributed by atoms with van der Waals surface area (Å²) < 4.78 is 5.67. The Labute approximate surface area is 166 Å².